The Balaban J connectivity index is 2.18. The van der Waals surface area contributed by atoms with Crippen molar-refractivity contribution in [1.29, 1.82) is 0 Å². The minimum atomic E-state index is -4.44. The predicted molar refractivity (Wildman–Crippen MR) is 112 cm³/mol. The van der Waals surface area contributed by atoms with Crippen molar-refractivity contribution in [3.05, 3.63) is 64.7 Å². The highest BCUT2D eigenvalue weighted by Gasteiger charge is 2.30. The molecule has 0 aromatic heterocycles. The Hall–Kier alpha value is -3.29. The maximum Gasteiger partial charge on any atom is 0.416 e. The average Bonchev–Trinajstić information content (AvgIpc) is 2.72. The fourth-order valence-corrected chi connectivity index (χ4v) is 2.88. The lowest BCUT2D eigenvalue weighted by Crippen LogP contribution is -2.15. The first-order valence-electron chi connectivity index (χ1n) is 9.69. The summed E-state index contributed by atoms with van der Waals surface area (Å²) in [6.07, 6.45) is -2.33. The molecule has 0 heterocycles. The summed E-state index contributed by atoms with van der Waals surface area (Å²) in [7, 11) is 1.47. The smallest absolute Gasteiger partial charge is 0.416 e. The molecule has 0 saturated carbocycles. The predicted octanol–water partition coefficient (Wildman–Crippen LogP) is 5.25. The quantitative estimate of drug-likeness (QED) is 0.454. The van der Waals surface area contributed by atoms with Crippen LogP contribution in [0.1, 0.15) is 37.0 Å². The second kappa shape index (κ2) is 10.7. The molecule has 31 heavy (non-hydrogen) atoms. The molecule has 0 bridgehead atoms. The van der Waals surface area contributed by atoms with E-state index < -0.39 is 23.6 Å². The van der Waals surface area contributed by atoms with Gasteiger partial charge in [-0.3, -0.25) is 4.79 Å². The molecule has 0 aliphatic carbocycles. The molecule has 2 aromatic rings. The molecule has 0 unspecified atom stereocenters. The van der Waals surface area contributed by atoms with Gasteiger partial charge in [0.1, 0.15) is 5.75 Å². The minimum Gasteiger partial charge on any atom is -0.496 e. The molecule has 0 atom stereocenters. The molecule has 5 nitrogen and oxygen atoms in total. The highest BCUT2D eigenvalue weighted by atomic mass is 19.4. The highest BCUT2D eigenvalue weighted by molar-refractivity contribution is 5.94. The molecule has 8 heteroatoms. The first-order chi connectivity index (χ1) is 14.7. The van der Waals surface area contributed by atoms with E-state index in [-0.39, 0.29) is 18.7 Å². The molecule has 0 fully saturated rings. The summed E-state index contributed by atoms with van der Waals surface area (Å²) in [6, 6.07) is 9.37. The van der Waals surface area contributed by atoms with Crippen molar-refractivity contribution in [1.82, 2.24) is 0 Å². The number of hydrogen-bond acceptors (Lipinski definition) is 4. The molecule has 1 amide bonds. The Bertz CT molecular complexity index is 950. The summed E-state index contributed by atoms with van der Waals surface area (Å²) in [4.78, 5) is 24.4. The minimum absolute atomic E-state index is 0.0628. The number of hydrogen-bond donors (Lipinski definition) is 1. The van der Waals surface area contributed by atoms with Crippen LogP contribution in [-0.2, 0) is 26.9 Å². The number of benzene rings is 2. The molecule has 166 valence electrons. The zero-order chi connectivity index (χ0) is 23.0. The van der Waals surface area contributed by atoms with Crippen LogP contribution in [-0.4, -0.2) is 25.6 Å². The molecular weight excluding hydrogens is 411 g/mol. The number of carbonyl (C=O) groups excluding carboxylic acids is 2. The number of carbonyl (C=O) groups is 2. The van der Waals surface area contributed by atoms with Crippen LogP contribution in [0.25, 0.3) is 6.08 Å². The number of alkyl halides is 3. The summed E-state index contributed by atoms with van der Waals surface area (Å²) in [5, 5.41) is 2.58. The Labute approximate surface area is 178 Å². The van der Waals surface area contributed by atoms with Gasteiger partial charge in [0, 0.05) is 16.8 Å². The van der Waals surface area contributed by atoms with Gasteiger partial charge in [0.25, 0.3) is 0 Å². The number of methoxy groups -OCH3 is 1. The first kappa shape index (κ1) is 24.0. The van der Waals surface area contributed by atoms with Gasteiger partial charge in [-0.15, -0.1) is 0 Å². The van der Waals surface area contributed by atoms with Crippen molar-refractivity contribution >= 4 is 23.6 Å². The summed E-state index contributed by atoms with van der Waals surface area (Å²) in [5.41, 5.74) is 1.22. The van der Waals surface area contributed by atoms with E-state index in [9.17, 15) is 22.8 Å². The van der Waals surface area contributed by atoms with E-state index in [2.05, 4.69) is 5.32 Å². The molecule has 0 spiro atoms. The van der Waals surface area contributed by atoms with Crippen LogP contribution in [0.5, 0.6) is 5.75 Å². The first-order valence-corrected chi connectivity index (χ1v) is 9.69. The van der Waals surface area contributed by atoms with Crippen LogP contribution < -0.4 is 10.1 Å². The number of nitrogens with one attached hydrogen (secondary N) is 1. The van der Waals surface area contributed by atoms with Crippen molar-refractivity contribution < 1.29 is 32.2 Å². The third-order valence-electron chi connectivity index (χ3n) is 4.41. The van der Waals surface area contributed by atoms with Crippen LogP contribution in [0.15, 0.2) is 48.0 Å². The van der Waals surface area contributed by atoms with Gasteiger partial charge in [0.2, 0.25) is 5.91 Å². The topological polar surface area (TPSA) is 64.6 Å². The lowest BCUT2D eigenvalue weighted by atomic mass is 10.0. The van der Waals surface area contributed by atoms with E-state index in [1.165, 1.54) is 19.2 Å². The van der Waals surface area contributed by atoms with E-state index in [1.54, 1.807) is 31.2 Å². The second-order valence-corrected chi connectivity index (χ2v) is 6.61. The summed E-state index contributed by atoms with van der Waals surface area (Å²) in [5.74, 6) is -0.336. The number of amides is 1. The average molecular weight is 435 g/mol. The third kappa shape index (κ3) is 6.87. The molecule has 2 aromatic carbocycles. The lowest BCUT2D eigenvalue weighted by molar-refractivity contribution is -0.139. The van der Waals surface area contributed by atoms with Crippen LogP contribution in [0, 0.1) is 0 Å². The zero-order valence-electron chi connectivity index (χ0n) is 17.5. The van der Waals surface area contributed by atoms with Crippen molar-refractivity contribution in [2.75, 3.05) is 19.0 Å². The maximum absolute atomic E-state index is 12.7. The number of esters is 1. The van der Waals surface area contributed by atoms with Gasteiger partial charge < -0.3 is 14.8 Å². The van der Waals surface area contributed by atoms with E-state index >= 15 is 0 Å². The fraction of sp³-hybridized carbons (Fsp3) is 0.304. The van der Waals surface area contributed by atoms with Crippen molar-refractivity contribution in [2.24, 2.45) is 0 Å². The molecule has 1 N–H and O–H groups in total. The molecule has 0 saturated heterocycles. The molecule has 0 radical (unpaired) electrons. The van der Waals surface area contributed by atoms with Gasteiger partial charge in [-0.25, -0.2) is 4.79 Å². The number of halogens is 3. The summed E-state index contributed by atoms with van der Waals surface area (Å²) in [6.45, 7) is 3.84. The van der Waals surface area contributed by atoms with Crippen molar-refractivity contribution in [3.8, 4) is 5.75 Å². The second-order valence-electron chi connectivity index (χ2n) is 6.61. The molecular formula is C23H24F3NO4. The summed E-state index contributed by atoms with van der Waals surface area (Å²) >= 11 is 0. The van der Waals surface area contributed by atoms with E-state index in [4.69, 9.17) is 9.47 Å². The normalized spacial score (nSPS) is 11.7. The third-order valence-corrected chi connectivity index (χ3v) is 4.41. The standard InChI is InChI=1S/C23H24F3NO4/c1-4-16(22(29)31-5-2)12-15-6-11-20(30-3)17(13-15)14-21(28)27-19-9-7-18(8-10-19)23(24,25)26/h6-13H,4-5,14H2,1-3H3,(H,27,28). The number of anilines is 1. The highest BCUT2D eigenvalue weighted by Crippen LogP contribution is 2.30. The lowest BCUT2D eigenvalue weighted by Gasteiger charge is -2.12. The Morgan fingerprint density at radius 2 is 1.74 bits per heavy atom. The van der Waals surface area contributed by atoms with Gasteiger partial charge in [-0.05, 0) is 61.4 Å². The fourth-order valence-electron chi connectivity index (χ4n) is 2.88. The van der Waals surface area contributed by atoms with Gasteiger partial charge in [0.05, 0.1) is 25.7 Å². The monoisotopic (exact) mass is 435 g/mol. The van der Waals surface area contributed by atoms with Crippen molar-refractivity contribution in [2.45, 2.75) is 32.9 Å². The Morgan fingerprint density at radius 1 is 1.06 bits per heavy atom. The van der Waals surface area contributed by atoms with Crippen LogP contribution in [0.2, 0.25) is 0 Å². The largest absolute Gasteiger partial charge is 0.496 e. The van der Waals surface area contributed by atoms with Crippen LogP contribution in [0.4, 0.5) is 18.9 Å². The van der Waals surface area contributed by atoms with Crippen molar-refractivity contribution in [3.63, 3.8) is 0 Å². The van der Waals surface area contributed by atoms with E-state index in [1.807, 2.05) is 6.92 Å². The van der Waals surface area contributed by atoms with E-state index in [0.29, 0.717) is 28.9 Å². The molecule has 2 rings (SSSR count). The van der Waals surface area contributed by atoms with Gasteiger partial charge in [0.15, 0.2) is 0 Å². The zero-order valence-corrected chi connectivity index (χ0v) is 17.5. The van der Waals surface area contributed by atoms with Gasteiger partial charge >= 0.3 is 12.1 Å². The number of ether oxygens (including phenoxy) is 2. The van der Waals surface area contributed by atoms with Crippen LogP contribution >= 0.6 is 0 Å². The SMILES string of the molecule is CCOC(=O)C(=Cc1ccc(OC)c(CC(=O)Nc2ccc(C(F)(F)F)cc2)c1)CC. The van der Waals surface area contributed by atoms with Gasteiger partial charge in [-0.2, -0.15) is 13.2 Å². The van der Waals surface area contributed by atoms with Gasteiger partial charge in [-0.1, -0.05) is 13.0 Å². The molecule has 0 aliphatic rings. The Kier molecular flexibility index (Phi) is 8.24. The Morgan fingerprint density at radius 3 is 2.29 bits per heavy atom. The molecule has 0 aliphatic heterocycles. The number of rotatable bonds is 8. The maximum atomic E-state index is 12.7. The van der Waals surface area contributed by atoms with E-state index in [0.717, 1.165) is 12.1 Å². The van der Waals surface area contributed by atoms with Crippen LogP contribution in [0.3, 0.4) is 0 Å². The summed E-state index contributed by atoms with van der Waals surface area (Å²) < 4.78 is 48.3.